The maximum atomic E-state index is 9.08. The van der Waals surface area contributed by atoms with Gasteiger partial charge in [0.05, 0.1) is 24.8 Å². The molecule has 7 heteroatoms. The van der Waals surface area contributed by atoms with Crippen LogP contribution in [-0.2, 0) is 4.74 Å². The third-order valence-corrected chi connectivity index (χ3v) is 4.87. The summed E-state index contributed by atoms with van der Waals surface area (Å²) in [7, 11) is 0. The monoisotopic (exact) mass is 350 g/mol. The lowest BCUT2D eigenvalue weighted by Gasteiger charge is -2.37. The van der Waals surface area contributed by atoms with E-state index in [0.29, 0.717) is 5.56 Å². The summed E-state index contributed by atoms with van der Waals surface area (Å²) < 4.78 is 5.40. The van der Waals surface area contributed by atoms with Crippen LogP contribution in [0.1, 0.15) is 5.56 Å². The Morgan fingerprint density at radius 2 is 1.69 bits per heavy atom. The first kappa shape index (κ1) is 16.6. The lowest BCUT2D eigenvalue weighted by atomic mass is 10.2. The molecule has 1 aromatic heterocycles. The zero-order valence-corrected chi connectivity index (χ0v) is 14.7. The molecule has 0 spiro atoms. The van der Waals surface area contributed by atoms with Crippen molar-refractivity contribution in [3.8, 4) is 6.07 Å². The third kappa shape index (κ3) is 3.55. The average Bonchev–Trinajstić information content (AvgIpc) is 2.75. The molecule has 0 unspecified atom stereocenters. The highest BCUT2D eigenvalue weighted by molar-refractivity contribution is 5.53. The van der Waals surface area contributed by atoms with Crippen molar-refractivity contribution >= 4 is 17.5 Å². The van der Waals surface area contributed by atoms with E-state index in [2.05, 4.69) is 31.8 Å². The maximum Gasteiger partial charge on any atom is 0.227 e. The van der Waals surface area contributed by atoms with Crippen molar-refractivity contribution in [2.75, 3.05) is 67.2 Å². The van der Waals surface area contributed by atoms with Crippen molar-refractivity contribution in [3.05, 3.63) is 42.1 Å². The highest BCUT2D eigenvalue weighted by atomic mass is 16.5. The van der Waals surface area contributed by atoms with Gasteiger partial charge in [-0.3, -0.25) is 0 Å². The number of hydrogen-bond donors (Lipinski definition) is 0. The third-order valence-electron chi connectivity index (χ3n) is 4.87. The van der Waals surface area contributed by atoms with Crippen LogP contribution in [0.2, 0.25) is 0 Å². The Morgan fingerprint density at radius 1 is 0.923 bits per heavy atom. The zero-order chi connectivity index (χ0) is 17.8. The normalized spacial score (nSPS) is 17.9. The summed E-state index contributed by atoms with van der Waals surface area (Å²) in [6.45, 7) is 6.76. The number of piperazine rings is 1. The second kappa shape index (κ2) is 7.58. The molecular weight excluding hydrogens is 328 g/mol. The van der Waals surface area contributed by atoms with Crippen molar-refractivity contribution < 1.29 is 4.74 Å². The van der Waals surface area contributed by atoms with Gasteiger partial charge in [-0.05, 0) is 24.3 Å². The number of nitrogens with zero attached hydrogens (tertiary/aromatic N) is 6. The molecule has 0 saturated carbocycles. The summed E-state index contributed by atoms with van der Waals surface area (Å²) in [5.41, 5.74) is 1.82. The van der Waals surface area contributed by atoms with E-state index >= 15 is 0 Å². The number of anilines is 3. The summed E-state index contributed by atoms with van der Waals surface area (Å²) in [6.07, 6.45) is 1.84. The number of aromatic nitrogens is 2. The predicted molar refractivity (Wildman–Crippen MR) is 101 cm³/mol. The van der Waals surface area contributed by atoms with Gasteiger partial charge >= 0.3 is 0 Å². The van der Waals surface area contributed by atoms with Gasteiger partial charge in [-0.15, -0.1) is 0 Å². The van der Waals surface area contributed by atoms with E-state index in [9.17, 15) is 0 Å². The number of hydrogen-bond acceptors (Lipinski definition) is 7. The molecule has 0 aliphatic carbocycles. The van der Waals surface area contributed by atoms with Gasteiger partial charge < -0.3 is 19.4 Å². The Balaban J connectivity index is 1.42. The molecule has 2 fully saturated rings. The van der Waals surface area contributed by atoms with E-state index in [0.717, 1.165) is 69.9 Å². The summed E-state index contributed by atoms with van der Waals surface area (Å²) in [5, 5.41) is 9.08. The quantitative estimate of drug-likeness (QED) is 0.831. The van der Waals surface area contributed by atoms with Crippen LogP contribution in [0.5, 0.6) is 0 Å². The van der Waals surface area contributed by atoms with E-state index in [1.807, 2.05) is 30.5 Å². The molecule has 2 aromatic rings. The Labute approximate surface area is 153 Å². The Morgan fingerprint density at radius 3 is 2.46 bits per heavy atom. The topological polar surface area (TPSA) is 68.5 Å². The van der Waals surface area contributed by atoms with Crippen LogP contribution >= 0.6 is 0 Å². The van der Waals surface area contributed by atoms with Crippen LogP contribution in [0.4, 0.5) is 17.5 Å². The zero-order valence-electron chi connectivity index (χ0n) is 14.7. The summed E-state index contributed by atoms with van der Waals surface area (Å²) in [6, 6.07) is 12.0. The average molecular weight is 350 g/mol. The van der Waals surface area contributed by atoms with Crippen molar-refractivity contribution in [1.29, 1.82) is 5.26 Å². The Hall–Kier alpha value is -2.85. The summed E-state index contributed by atoms with van der Waals surface area (Å²) >= 11 is 0. The van der Waals surface area contributed by atoms with Crippen LogP contribution in [0.25, 0.3) is 0 Å². The lowest BCUT2D eigenvalue weighted by molar-refractivity contribution is 0.122. The molecule has 0 radical (unpaired) electrons. The number of benzene rings is 1. The fraction of sp³-hybridized carbons (Fsp3) is 0.421. The van der Waals surface area contributed by atoms with Crippen molar-refractivity contribution in [2.45, 2.75) is 0 Å². The second-order valence-corrected chi connectivity index (χ2v) is 6.45. The molecule has 4 rings (SSSR count). The highest BCUT2D eigenvalue weighted by Gasteiger charge is 2.20. The first-order valence-corrected chi connectivity index (χ1v) is 8.99. The van der Waals surface area contributed by atoms with Crippen LogP contribution in [0.3, 0.4) is 0 Å². The predicted octanol–water partition coefficient (Wildman–Crippen LogP) is 1.51. The molecule has 26 heavy (non-hydrogen) atoms. The molecule has 0 amide bonds. The Kier molecular flexibility index (Phi) is 4.84. The van der Waals surface area contributed by atoms with Gasteiger partial charge in [0, 0.05) is 51.2 Å². The summed E-state index contributed by atoms with van der Waals surface area (Å²) in [5.74, 6) is 1.77. The molecule has 0 N–H and O–H groups in total. The van der Waals surface area contributed by atoms with E-state index in [1.54, 1.807) is 0 Å². The minimum Gasteiger partial charge on any atom is -0.378 e. The van der Waals surface area contributed by atoms with Gasteiger partial charge in [0.25, 0.3) is 0 Å². The smallest absolute Gasteiger partial charge is 0.227 e. The van der Waals surface area contributed by atoms with E-state index in [4.69, 9.17) is 15.0 Å². The molecule has 2 aliphatic heterocycles. The van der Waals surface area contributed by atoms with Crippen molar-refractivity contribution in [2.24, 2.45) is 0 Å². The summed E-state index contributed by atoms with van der Waals surface area (Å²) in [4.78, 5) is 16.0. The SMILES string of the molecule is N#Cc1cccc(N2CCN(c3ccnc(N4CCOCC4)n3)CC2)c1. The van der Waals surface area contributed by atoms with Crippen LogP contribution in [0.15, 0.2) is 36.5 Å². The largest absolute Gasteiger partial charge is 0.378 e. The van der Waals surface area contributed by atoms with E-state index in [1.165, 1.54) is 0 Å². The van der Waals surface area contributed by atoms with Gasteiger partial charge in [0.1, 0.15) is 5.82 Å². The second-order valence-electron chi connectivity index (χ2n) is 6.45. The molecule has 0 atom stereocenters. The van der Waals surface area contributed by atoms with E-state index < -0.39 is 0 Å². The first-order valence-electron chi connectivity index (χ1n) is 8.99. The number of morpholine rings is 1. The molecular formula is C19H22N6O. The number of nitriles is 1. The van der Waals surface area contributed by atoms with Crippen molar-refractivity contribution in [1.82, 2.24) is 9.97 Å². The minimum absolute atomic E-state index is 0.705. The maximum absolute atomic E-state index is 9.08. The number of rotatable bonds is 3. The highest BCUT2D eigenvalue weighted by Crippen LogP contribution is 2.21. The Bertz CT molecular complexity index is 791. The van der Waals surface area contributed by atoms with Gasteiger partial charge in [0.15, 0.2) is 0 Å². The van der Waals surface area contributed by atoms with Gasteiger partial charge in [-0.25, -0.2) is 4.98 Å². The molecule has 7 nitrogen and oxygen atoms in total. The fourth-order valence-corrected chi connectivity index (χ4v) is 3.40. The van der Waals surface area contributed by atoms with Gasteiger partial charge in [0.2, 0.25) is 5.95 Å². The molecule has 0 bridgehead atoms. The van der Waals surface area contributed by atoms with Gasteiger partial charge in [-0.1, -0.05) is 6.07 Å². The van der Waals surface area contributed by atoms with Gasteiger partial charge in [-0.2, -0.15) is 10.2 Å². The van der Waals surface area contributed by atoms with Crippen molar-refractivity contribution in [3.63, 3.8) is 0 Å². The molecule has 2 saturated heterocycles. The molecule has 1 aromatic carbocycles. The molecule has 2 aliphatic rings. The fourth-order valence-electron chi connectivity index (χ4n) is 3.40. The standard InChI is InChI=1S/C19H22N6O/c20-15-16-2-1-3-17(14-16)23-6-8-24(9-7-23)18-4-5-21-19(22-18)25-10-12-26-13-11-25/h1-5,14H,6-13H2. The number of ether oxygens (including phenoxy) is 1. The van der Waals surface area contributed by atoms with Crippen LogP contribution in [0, 0.1) is 11.3 Å². The minimum atomic E-state index is 0.705. The molecule has 3 heterocycles. The lowest BCUT2D eigenvalue weighted by Crippen LogP contribution is -2.47. The molecule has 134 valence electrons. The van der Waals surface area contributed by atoms with E-state index in [-0.39, 0.29) is 0 Å². The van der Waals surface area contributed by atoms with Crippen LogP contribution in [-0.4, -0.2) is 62.5 Å². The first-order chi connectivity index (χ1) is 12.8. The van der Waals surface area contributed by atoms with Crippen LogP contribution < -0.4 is 14.7 Å².